The molecule has 0 aromatic rings. The number of alkyl halides is 1. The van der Waals surface area contributed by atoms with Crippen molar-refractivity contribution in [3.63, 3.8) is 0 Å². The van der Waals surface area contributed by atoms with E-state index in [1.807, 2.05) is 6.92 Å². The van der Waals surface area contributed by atoms with Gasteiger partial charge in [-0.25, -0.2) is 4.39 Å². The van der Waals surface area contributed by atoms with E-state index in [-0.39, 0.29) is 22.7 Å². The lowest BCUT2D eigenvalue weighted by Crippen LogP contribution is -2.63. The molecule has 0 aromatic carbocycles. The Morgan fingerprint density at radius 2 is 1.88 bits per heavy atom. The van der Waals surface area contributed by atoms with Crippen LogP contribution in [0, 0.1) is 28.6 Å². The van der Waals surface area contributed by atoms with Crippen LogP contribution in [-0.4, -0.2) is 29.4 Å². The van der Waals surface area contributed by atoms with Crippen molar-refractivity contribution in [1.82, 2.24) is 0 Å². The molecule has 5 fully saturated rings. The van der Waals surface area contributed by atoms with E-state index in [0.29, 0.717) is 24.0 Å². The van der Waals surface area contributed by atoms with Crippen LogP contribution in [0.4, 0.5) is 4.39 Å². The number of rotatable bonds is 0. The van der Waals surface area contributed by atoms with Gasteiger partial charge in [0.25, 0.3) is 0 Å². The summed E-state index contributed by atoms with van der Waals surface area (Å²) in [5.41, 5.74) is -1.38. The predicted octanol–water partition coefficient (Wildman–Crippen LogP) is 3.41. The van der Waals surface area contributed by atoms with Crippen LogP contribution in [0.2, 0.25) is 0 Å². The van der Waals surface area contributed by atoms with E-state index in [9.17, 15) is 9.59 Å². The van der Waals surface area contributed by atoms with Crippen molar-refractivity contribution in [2.45, 2.75) is 70.2 Å². The molecule has 4 aliphatic carbocycles. The highest BCUT2D eigenvalue weighted by atomic mass is 19.1. The maximum absolute atomic E-state index is 15.4. The van der Waals surface area contributed by atoms with Crippen LogP contribution in [0.15, 0.2) is 12.2 Å². The van der Waals surface area contributed by atoms with Gasteiger partial charge in [0.05, 0.1) is 0 Å². The molecule has 3 nitrogen and oxygen atoms in total. The zero-order chi connectivity index (χ0) is 17.1. The molecule has 1 spiro atoms. The Labute approximate surface area is 142 Å². The minimum atomic E-state index is -1.32. The van der Waals surface area contributed by atoms with Gasteiger partial charge in [0.1, 0.15) is 17.6 Å². The summed E-state index contributed by atoms with van der Waals surface area (Å²) in [6, 6.07) is 0. The summed E-state index contributed by atoms with van der Waals surface area (Å²) in [6.07, 6.45) is 3.24. The molecule has 0 N–H and O–H groups in total. The molecule has 4 heteroatoms. The molecule has 8 atom stereocenters. The van der Waals surface area contributed by atoms with E-state index in [0.717, 1.165) is 32.1 Å². The summed E-state index contributed by atoms with van der Waals surface area (Å²) in [4.78, 5) is 24.7. The number of fused-ring (bicyclic) bond motifs is 4. The number of carbonyl (C=O) groups excluding carboxylic acids is 2. The van der Waals surface area contributed by atoms with E-state index < -0.39 is 23.3 Å². The normalized spacial score (nSPS) is 58.6. The third-order valence-corrected chi connectivity index (χ3v) is 8.76. The number of ketones is 2. The smallest absolute Gasteiger partial charge is 0.192 e. The summed E-state index contributed by atoms with van der Waals surface area (Å²) in [5, 5.41) is 0. The van der Waals surface area contributed by atoms with Crippen LogP contribution >= 0.6 is 0 Å². The minimum absolute atomic E-state index is 0.104. The number of hydrogen-bond donors (Lipinski definition) is 0. The van der Waals surface area contributed by atoms with Gasteiger partial charge in [0.2, 0.25) is 0 Å². The Kier molecular flexibility index (Phi) is 2.67. The molecule has 24 heavy (non-hydrogen) atoms. The van der Waals surface area contributed by atoms with Crippen molar-refractivity contribution in [3.8, 4) is 0 Å². The van der Waals surface area contributed by atoms with Gasteiger partial charge in [-0.1, -0.05) is 20.4 Å². The predicted molar refractivity (Wildman–Crippen MR) is 86.0 cm³/mol. The quantitative estimate of drug-likeness (QED) is 0.504. The molecule has 1 saturated heterocycles. The van der Waals surface area contributed by atoms with E-state index in [1.165, 1.54) is 0 Å². The van der Waals surface area contributed by atoms with Gasteiger partial charge in [-0.15, -0.1) is 0 Å². The van der Waals surface area contributed by atoms with Crippen LogP contribution in [0.25, 0.3) is 0 Å². The highest BCUT2D eigenvalue weighted by Gasteiger charge is 2.80. The van der Waals surface area contributed by atoms with Crippen LogP contribution in [0.1, 0.15) is 52.4 Å². The molecule has 1 aliphatic heterocycles. The van der Waals surface area contributed by atoms with E-state index in [4.69, 9.17) is 4.74 Å². The molecule has 5 aliphatic rings. The fourth-order valence-electron chi connectivity index (χ4n) is 7.27. The van der Waals surface area contributed by atoms with Crippen molar-refractivity contribution in [3.05, 3.63) is 12.2 Å². The largest absolute Gasteiger partial charge is 0.357 e. The van der Waals surface area contributed by atoms with Crippen molar-refractivity contribution in [2.75, 3.05) is 0 Å². The molecule has 4 saturated carbocycles. The van der Waals surface area contributed by atoms with Crippen molar-refractivity contribution in [2.24, 2.45) is 28.6 Å². The maximum Gasteiger partial charge on any atom is 0.192 e. The fourth-order valence-corrected chi connectivity index (χ4v) is 7.27. The summed E-state index contributed by atoms with van der Waals surface area (Å²) < 4.78 is 21.4. The zero-order valence-electron chi connectivity index (χ0n) is 14.4. The lowest BCUT2D eigenvalue weighted by molar-refractivity contribution is -0.146. The zero-order valence-corrected chi connectivity index (χ0v) is 14.4. The Bertz CT molecular complexity index is 686. The second-order valence-electron chi connectivity index (χ2n) is 9.26. The number of epoxide rings is 1. The summed E-state index contributed by atoms with van der Waals surface area (Å²) in [6.45, 7) is 7.88. The third kappa shape index (κ3) is 1.38. The van der Waals surface area contributed by atoms with Crippen molar-refractivity contribution < 1.29 is 18.7 Å². The van der Waals surface area contributed by atoms with Gasteiger partial charge in [-0.3, -0.25) is 9.59 Å². The molecular formula is C20H25FO3. The fraction of sp³-hybridized carbons (Fsp3) is 0.800. The van der Waals surface area contributed by atoms with Crippen LogP contribution < -0.4 is 0 Å². The highest BCUT2D eigenvalue weighted by Crippen LogP contribution is 2.72. The van der Waals surface area contributed by atoms with E-state index >= 15 is 4.39 Å². The monoisotopic (exact) mass is 332 g/mol. The Balaban J connectivity index is 1.58. The first-order valence-electron chi connectivity index (χ1n) is 9.35. The van der Waals surface area contributed by atoms with Crippen LogP contribution in [0.5, 0.6) is 0 Å². The van der Waals surface area contributed by atoms with Gasteiger partial charge < -0.3 is 4.74 Å². The van der Waals surface area contributed by atoms with Gasteiger partial charge in [-0.05, 0) is 49.9 Å². The lowest BCUT2D eigenvalue weighted by atomic mass is 9.44. The molecule has 0 radical (unpaired) electrons. The third-order valence-electron chi connectivity index (χ3n) is 8.76. The average molecular weight is 332 g/mol. The Morgan fingerprint density at radius 1 is 1.12 bits per heavy atom. The minimum Gasteiger partial charge on any atom is -0.357 e. The number of Topliss-reactive ketones (excluding diaryl/α,β-unsaturated/α-hetero) is 2. The Hall–Kier alpha value is -1.03. The van der Waals surface area contributed by atoms with Crippen LogP contribution in [-0.2, 0) is 14.3 Å². The van der Waals surface area contributed by atoms with E-state index in [1.54, 1.807) is 0 Å². The molecule has 1 heterocycles. The average Bonchev–Trinajstić information content (AvgIpc) is 3.22. The van der Waals surface area contributed by atoms with Crippen molar-refractivity contribution >= 4 is 11.6 Å². The summed E-state index contributed by atoms with van der Waals surface area (Å²) >= 11 is 0. The molecular weight excluding hydrogens is 307 g/mol. The van der Waals surface area contributed by atoms with Gasteiger partial charge in [0, 0.05) is 22.8 Å². The molecule has 0 amide bonds. The molecule has 2 unspecified atom stereocenters. The number of hydrogen-bond acceptors (Lipinski definition) is 3. The van der Waals surface area contributed by atoms with Crippen LogP contribution in [0.3, 0.4) is 0 Å². The number of ether oxygens (including phenoxy) is 1. The lowest BCUT2D eigenvalue weighted by Gasteiger charge is -2.59. The Morgan fingerprint density at radius 3 is 2.62 bits per heavy atom. The topological polar surface area (TPSA) is 46.7 Å². The van der Waals surface area contributed by atoms with E-state index in [2.05, 4.69) is 13.5 Å². The number of carbonyl (C=O) groups is 2. The molecule has 130 valence electrons. The summed E-state index contributed by atoms with van der Waals surface area (Å²) in [5.74, 6) is 1.09. The first-order chi connectivity index (χ1) is 11.3. The van der Waals surface area contributed by atoms with Gasteiger partial charge in [0.15, 0.2) is 11.9 Å². The first-order valence-corrected chi connectivity index (χ1v) is 9.35. The standard InChI is InChI=1S/C20H25FO3/c1-10-15(23)17-20(24-17)9-6-11-12-4-5-14(22)18(12,2)8-7-13(11)19(20,3)16(10)21/h11-13,16-17H,1,4-9H2,2-3H3/t11-,12-,13-,16+,17?,18-,19-,20?/m0/s1. The SMILES string of the molecule is C=C1C(=O)C2OC23CC[C@@H]2[C@H](CC[C@]4(C)C(=O)CC[C@@H]24)[C@@]3(C)[C@@H]1F. The summed E-state index contributed by atoms with van der Waals surface area (Å²) in [7, 11) is 0. The molecule has 0 aromatic heterocycles. The van der Waals surface area contributed by atoms with Gasteiger partial charge in [-0.2, -0.15) is 0 Å². The van der Waals surface area contributed by atoms with Crippen molar-refractivity contribution in [1.29, 1.82) is 0 Å². The van der Waals surface area contributed by atoms with Gasteiger partial charge >= 0.3 is 0 Å². The molecule has 5 rings (SSSR count). The first kappa shape index (κ1) is 15.2. The molecule has 0 bridgehead atoms. The number of halogens is 1. The second kappa shape index (κ2) is 4.20. The highest BCUT2D eigenvalue weighted by molar-refractivity contribution is 6.03. The second-order valence-corrected chi connectivity index (χ2v) is 9.26. The maximum atomic E-state index is 15.4.